The number of hydrogen-bond acceptors (Lipinski definition) is 4. The maximum Gasteiger partial charge on any atom is 0.248 e. The van der Waals surface area contributed by atoms with E-state index >= 15 is 0 Å². The van der Waals surface area contributed by atoms with Crippen LogP contribution in [0.1, 0.15) is 35.7 Å². The highest BCUT2D eigenvalue weighted by Gasteiger charge is 2.32. The lowest BCUT2D eigenvalue weighted by Crippen LogP contribution is -2.48. The number of nitrogens with one attached hydrogen (secondary N) is 1. The molecule has 0 aromatic heterocycles. The van der Waals surface area contributed by atoms with Crippen LogP contribution in [0.3, 0.4) is 0 Å². The number of benzene rings is 1. The number of piperidine rings is 1. The first-order chi connectivity index (χ1) is 10.1. The Morgan fingerprint density at radius 1 is 1.45 bits per heavy atom. The van der Waals surface area contributed by atoms with Crippen molar-refractivity contribution in [3.8, 4) is 0 Å². The van der Waals surface area contributed by atoms with Crippen molar-refractivity contribution >= 4 is 35.8 Å². The number of nitrogens with two attached hydrogens (primary N) is 1. The predicted molar refractivity (Wildman–Crippen MR) is 98.4 cm³/mol. The Hall–Kier alpha value is -1.31. The average molecular weight is 414 g/mol. The first-order valence-corrected chi connectivity index (χ1v) is 7.57. The minimum atomic E-state index is -0.389. The normalized spacial score (nSPS) is 23.3. The second-order valence-electron chi connectivity index (χ2n) is 6.07. The third-order valence-corrected chi connectivity index (χ3v) is 4.33. The van der Waals surface area contributed by atoms with Gasteiger partial charge in [-0.3, -0.25) is 9.79 Å². The quantitative estimate of drug-likeness (QED) is 0.744. The van der Waals surface area contributed by atoms with Gasteiger partial charge in [-0.1, -0.05) is 19.1 Å². The predicted octanol–water partition coefficient (Wildman–Crippen LogP) is 1.96. The van der Waals surface area contributed by atoms with E-state index in [1.54, 1.807) is 6.07 Å². The van der Waals surface area contributed by atoms with Gasteiger partial charge in [-0.2, -0.15) is 0 Å². The number of aliphatic imine (C=N–C) groups is 1. The number of guanidine groups is 1. The standard InChI is InChI=1S/C16H22N4O.HI/c1-11-5-6-14-9-19-16(20(14)10-11)18-8-12-3-2-4-13(7-12)15(17)21;/h2-4,7,11,14H,5-6,8-10H2,1H3,(H2,17,21)(H,18,19);1H. The first kappa shape index (κ1) is 17.1. The van der Waals surface area contributed by atoms with Crippen molar-refractivity contribution in [3.05, 3.63) is 35.4 Å². The van der Waals surface area contributed by atoms with E-state index in [2.05, 4.69) is 22.1 Å². The van der Waals surface area contributed by atoms with Gasteiger partial charge in [0.2, 0.25) is 5.91 Å². The Labute approximate surface area is 148 Å². The number of fused-ring (bicyclic) bond motifs is 1. The van der Waals surface area contributed by atoms with Crippen molar-refractivity contribution in [3.63, 3.8) is 0 Å². The van der Waals surface area contributed by atoms with Crippen LogP contribution in [0.5, 0.6) is 0 Å². The van der Waals surface area contributed by atoms with Crippen molar-refractivity contribution < 1.29 is 4.79 Å². The minimum absolute atomic E-state index is 0. The second kappa shape index (κ2) is 7.30. The molecule has 5 nitrogen and oxygen atoms in total. The van der Waals surface area contributed by atoms with Crippen LogP contribution in [0.2, 0.25) is 0 Å². The molecule has 1 aromatic rings. The molecule has 2 heterocycles. The van der Waals surface area contributed by atoms with Crippen LogP contribution in [0.4, 0.5) is 0 Å². The smallest absolute Gasteiger partial charge is 0.248 e. The van der Waals surface area contributed by atoms with Gasteiger partial charge in [0.05, 0.1) is 12.6 Å². The number of hydrogen-bond donors (Lipinski definition) is 2. The molecule has 6 heteroatoms. The number of carbonyl (C=O) groups excluding carboxylic acids is 1. The summed E-state index contributed by atoms with van der Waals surface area (Å²) >= 11 is 0. The molecular formula is C16H23IN4O. The van der Waals surface area contributed by atoms with E-state index in [0.29, 0.717) is 18.2 Å². The molecule has 0 bridgehead atoms. The zero-order valence-electron chi connectivity index (χ0n) is 12.8. The van der Waals surface area contributed by atoms with E-state index < -0.39 is 0 Å². The fourth-order valence-electron chi connectivity index (χ4n) is 3.11. The van der Waals surface area contributed by atoms with Crippen LogP contribution in [-0.2, 0) is 6.54 Å². The molecule has 0 spiro atoms. The summed E-state index contributed by atoms with van der Waals surface area (Å²) in [5.74, 6) is 1.33. The largest absolute Gasteiger partial charge is 0.366 e. The average Bonchev–Trinajstić information content (AvgIpc) is 2.87. The third kappa shape index (κ3) is 3.71. The lowest BCUT2D eigenvalue weighted by molar-refractivity contribution is 0.1000. The number of rotatable bonds is 3. The molecule has 0 saturated carbocycles. The number of carbonyl (C=O) groups is 1. The van der Waals surface area contributed by atoms with E-state index in [1.807, 2.05) is 18.2 Å². The van der Waals surface area contributed by atoms with Crippen molar-refractivity contribution in [1.82, 2.24) is 10.2 Å². The van der Waals surface area contributed by atoms with Gasteiger partial charge in [0, 0.05) is 18.7 Å². The van der Waals surface area contributed by atoms with Crippen molar-refractivity contribution in [2.75, 3.05) is 13.1 Å². The number of amides is 1. The lowest BCUT2D eigenvalue weighted by Gasteiger charge is -2.35. The molecule has 1 saturated heterocycles. The van der Waals surface area contributed by atoms with Gasteiger partial charge >= 0.3 is 0 Å². The van der Waals surface area contributed by atoms with Crippen LogP contribution in [0.25, 0.3) is 0 Å². The van der Waals surface area contributed by atoms with E-state index in [1.165, 1.54) is 12.8 Å². The maximum absolute atomic E-state index is 11.2. The van der Waals surface area contributed by atoms with Crippen molar-refractivity contribution in [2.24, 2.45) is 16.6 Å². The monoisotopic (exact) mass is 414 g/mol. The molecule has 3 N–H and O–H groups in total. The molecule has 22 heavy (non-hydrogen) atoms. The molecule has 1 amide bonds. The van der Waals surface area contributed by atoms with Crippen LogP contribution >= 0.6 is 24.0 Å². The van der Waals surface area contributed by atoms with E-state index in [4.69, 9.17) is 5.73 Å². The van der Waals surface area contributed by atoms with E-state index in [0.717, 1.165) is 30.5 Å². The Balaban J connectivity index is 0.00000176. The molecule has 2 atom stereocenters. The molecule has 1 aromatic carbocycles. The topological polar surface area (TPSA) is 70.7 Å². The zero-order valence-corrected chi connectivity index (χ0v) is 15.1. The Morgan fingerprint density at radius 3 is 3.05 bits per heavy atom. The fraction of sp³-hybridized carbons (Fsp3) is 0.500. The highest BCUT2D eigenvalue weighted by atomic mass is 127. The molecule has 2 aliphatic rings. The summed E-state index contributed by atoms with van der Waals surface area (Å²) in [5.41, 5.74) is 6.90. The highest BCUT2D eigenvalue weighted by molar-refractivity contribution is 14.0. The molecule has 2 unspecified atom stereocenters. The second-order valence-corrected chi connectivity index (χ2v) is 6.07. The van der Waals surface area contributed by atoms with Crippen LogP contribution < -0.4 is 11.1 Å². The Morgan fingerprint density at radius 2 is 2.27 bits per heavy atom. The van der Waals surface area contributed by atoms with E-state index in [-0.39, 0.29) is 29.9 Å². The Kier molecular flexibility index (Phi) is 5.66. The molecule has 3 rings (SSSR count). The summed E-state index contributed by atoms with van der Waals surface area (Å²) in [5, 5.41) is 3.41. The summed E-state index contributed by atoms with van der Waals surface area (Å²) in [7, 11) is 0. The lowest BCUT2D eigenvalue weighted by atomic mass is 9.95. The van der Waals surface area contributed by atoms with Crippen LogP contribution in [0.15, 0.2) is 29.3 Å². The summed E-state index contributed by atoms with van der Waals surface area (Å²) in [4.78, 5) is 18.2. The SMILES string of the molecule is CC1CCC2CN=C(NCc3cccc(C(N)=O)c3)N2C1.I. The third-order valence-electron chi connectivity index (χ3n) is 4.33. The highest BCUT2D eigenvalue weighted by Crippen LogP contribution is 2.25. The Bertz CT molecular complexity index is 575. The van der Waals surface area contributed by atoms with Crippen molar-refractivity contribution in [2.45, 2.75) is 32.4 Å². The molecular weight excluding hydrogens is 391 g/mol. The van der Waals surface area contributed by atoms with E-state index in [9.17, 15) is 4.79 Å². The molecule has 0 radical (unpaired) electrons. The molecule has 120 valence electrons. The van der Waals surface area contributed by atoms with Gasteiger partial charge in [0.1, 0.15) is 0 Å². The van der Waals surface area contributed by atoms with Gasteiger partial charge in [0.25, 0.3) is 0 Å². The van der Waals surface area contributed by atoms with Crippen LogP contribution in [0, 0.1) is 5.92 Å². The van der Waals surface area contributed by atoms with Gasteiger partial charge in [0.15, 0.2) is 5.96 Å². The number of nitrogens with zero attached hydrogens (tertiary/aromatic N) is 2. The molecule has 1 fully saturated rings. The zero-order chi connectivity index (χ0) is 14.8. The van der Waals surface area contributed by atoms with Crippen molar-refractivity contribution in [1.29, 1.82) is 0 Å². The van der Waals surface area contributed by atoms with Gasteiger partial charge < -0.3 is 16.0 Å². The number of halogens is 1. The minimum Gasteiger partial charge on any atom is -0.366 e. The van der Waals surface area contributed by atoms with Crippen LogP contribution in [-0.4, -0.2) is 35.9 Å². The summed E-state index contributed by atoms with van der Waals surface area (Å²) in [6.45, 7) is 4.94. The van der Waals surface area contributed by atoms with Gasteiger partial charge in [-0.05, 0) is 36.5 Å². The van der Waals surface area contributed by atoms with Gasteiger partial charge in [-0.25, -0.2) is 0 Å². The fourth-order valence-corrected chi connectivity index (χ4v) is 3.11. The first-order valence-electron chi connectivity index (χ1n) is 7.57. The molecule has 0 aliphatic carbocycles. The van der Waals surface area contributed by atoms with Gasteiger partial charge in [-0.15, -0.1) is 24.0 Å². The maximum atomic E-state index is 11.2. The summed E-state index contributed by atoms with van der Waals surface area (Å²) in [6.07, 6.45) is 2.53. The molecule has 2 aliphatic heterocycles. The number of primary amides is 1. The summed E-state index contributed by atoms with van der Waals surface area (Å²) in [6, 6.07) is 7.99. The summed E-state index contributed by atoms with van der Waals surface area (Å²) < 4.78 is 0.